The van der Waals surface area contributed by atoms with E-state index < -0.39 is 0 Å². The summed E-state index contributed by atoms with van der Waals surface area (Å²) in [5.41, 5.74) is 3.65. The molecule has 4 aromatic rings. The zero-order valence-electron chi connectivity index (χ0n) is 16.0. The minimum atomic E-state index is 0.520. The Bertz CT molecular complexity index is 1100. The topological polar surface area (TPSA) is 55.1 Å². The van der Waals surface area contributed by atoms with Crippen LogP contribution in [0, 0.1) is 5.92 Å². The quantitative estimate of drug-likeness (QED) is 0.456. The van der Waals surface area contributed by atoms with Crippen molar-refractivity contribution in [1.82, 2.24) is 15.1 Å². The number of benzene rings is 2. The molecule has 5 rings (SSSR count). The van der Waals surface area contributed by atoms with Gasteiger partial charge >= 0.3 is 0 Å². The molecule has 0 N–H and O–H groups in total. The predicted octanol–water partition coefficient (Wildman–Crippen LogP) is 5.40. The minimum absolute atomic E-state index is 0.520. The van der Waals surface area contributed by atoms with Gasteiger partial charge < -0.3 is 9.42 Å². The Labute approximate surface area is 174 Å². The van der Waals surface area contributed by atoms with Crippen molar-refractivity contribution in [3.63, 3.8) is 0 Å². The van der Waals surface area contributed by atoms with Crippen LogP contribution in [0.3, 0.4) is 0 Å². The highest BCUT2D eigenvalue weighted by molar-refractivity contribution is 6.30. The molecule has 2 aromatic carbocycles. The maximum absolute atomic E-state index is 6.04. The summed E-state index contributed by atoms with van der Waals surface area (Å²) in [6, 6.07) is 18.4. The van der Waals surface area contributed by atoms with Gasteiger partial charge in [-0.05, 0) is 42.9 Å². The molecule has 6 heteroatoms. The molecule has 146 valence electrons. The molecule has 0 radical (unpaired) electrons. The highest BCUT2D eigenvalue weighted by Gasteiger charge is 2.25. The van der Waals surface area contributed by atoms with Crippen molar-refractivity contribution in [3.8, 4) is 11.3 Å². The number of anilines is 1. The summed E-state index contributed by atoms with van der Waals surface area (Å²) < 4.78 is 5.50. The number of halogens is 1. The summed E-state index contributed by atoms with van der Waals surface area (Å²) in [6.07, 6.45) is 4.98. The van der Waals surface area contributed by atoms with Crippen molar-refractivity contribution in [2.75, 3.05) is 18.0 Å². The molecule has 1 aliphatic heterocycles. The molecule has 0 amide bonds. The van der Waals surface area contributed by atoms with Crippen LogP contribution in [0.1, 0.15) is 18.4 Å². The molecule has 2 aromatic heterocycles. The van der Waals surface area contributed by atoms with Crippen LogP contribution in [0.2, 0.25) is 5.02 Å². The lowest BCUT2D eigenvalue weighted by atomic mass is 9.90. The second-order valence-corrected chi connectivity index (χ2v) is 7.97. The monoisotopic (exact) mass is 404 g/mol. The highest BCUT2D eigenvalue weighted by atomic mass is 35.5. The van der Waals surface area contributed by atoms with E-state index in [1.807, 2.05) is 24.3 Å². The molecular formula is C23H21ClN4O. The van der Waals surface area contributed by atoms with Crippen molar-refractivity contribution in [3.05, 3.63) is 71.5 Å². The molecule has 0 saturated carbocycles. The van der Waals surface area contributed by atoms with Gasteiger partial charge in [-0.15, -0.1) is 0 Å². The van der Waals surface area contributed by atoms with Crippen LogP contribution < -0.4 is 4.90 Å². The Kier molecular flexibility index (Phi) is 4.90. The van der Waals surface area contributed by atoms with E-state index in [2.05, 4.69) is 50.4 Å². The van der Waals surface area contributed by atoms with Gasteiger partial charge in [-0.25, -0.2) is 4.98 Å². The van der Waals surface area contributed by atoms with Crippen molar-refractivity contribution in [2.45, 2.75) is 19.3 Å². The van der Waals surface area contributed by atoms with Crippen LogP contribution in [0.25, 0.3) is 22.4 Å². The molecule has 29 heavy (non-hydrogen) atoms. The first-order chi connectivity index (χ1) is 14.3. The third-order valence-electron chi connectivity index (χ3n) is 5.65. The Morgan fingerprint density at radius 2 is 1.72 bits per heavy atom. The summed E-state index contributed by atoms with van der Waals surface area (Å²) >= 11 is 6.04. The third kappa shape index (κ3) is 3.70. The van der Waals surface area contributed by atoms with Crippen LogP contribution in [0.4, 0.5) is 5.82 Å². The average molecular weight is 405 g/mol. The van der Waals surface area contributed by atoms with E-state index in [0.29, 0.717) is 16.7 Å². The van der Waals surface area contributed by atoms with Gasteiger partial charge in [-0.2, -0.15) is 4.98 Å². The number of rotatable bonds is 4. The normalized spacial score (nSPS) is 15.1. The number of hydrogen-bond donors (Lipinski definition) is 0. The van der Waals surface area contributed by atoms with E-state index in [0.717, 1.165) is 54.8 Å². The molecule has 0 atom stereocenters. The lowest BCUT2D eigenvalue weighted by Gasteiger charge is -2.33. The zero-order chi connectivity index (χ0) is 19.6. The summed E-state index contributed by atoms with van der Waals surface area (Å²) in [7, 11) is 0. The van der Waals surface area contributed by atoms with Crippen molar-refractivity contribution < 1.29 is 4.52 Å². The summed E-state index contributed by atoms with van der Waals surface area (Å²) in [6.45, 7) is 1.93. The Morgan fingerprint density at radius 3 is 2.48 bits per heavy atom. The fourth-order valence-electron chi connectivity index (χ4n) is 4.11. The lowest BCUT2D eigenvalue weighted by molar-refractivity contribution is 0.402. The van der Waals surface area contributed by atoms with Gasteiger partial charge in [0.1, 0.15) is 23.2 Å². The zero-order valence-corrected chi connectivity index (χ0v) is 16.7. The summed E-state index contributed by atoms with van der Waals surface area (Å²) in [4.78, 5) is 11.2. The number of aromatic nitrogens is 3. The van der Waals surface area contributed by atoms with Crippen LogP contribution in [-0.4, -0.2) is 28.2 Å². The fraction of sp³-hybridized carbons (Fsp3) is 0.261. The van der Waals surface area contributed by atoms with Gasteiger partial charge in [0.05, 0.1) is 0 Å². The number of hydrogen-bond acceptors (Lipinski definition) is 5. The first kappa shape index (κ1) is 18.1. The Balaban J connectivity index is 1.39. The predicted molar refractivity (Wildman–Crippen MR) is 115 cm³/mol. The van der Waals surface area contributed by atoms with E-state index >= 15 is 0 Å². The second kappa shape index (κ2) is 7.84. The maximum Gasteiger partial charge on any atom is 0.263 e. The molecule has 0 unspecified atom stereocenters. The Morgan fingerprint density at radius 1 is 0.966 bits per heavy atom. The molecular weight excluding hydrogens is 384 g/mol. The molecule has 1 fully saturated rings. The molecule has 1 saturated heterocycles. The lowest BCUT2D eigenvalue weighted by Crippen LogP contribution is -2.35. The SMILES string of the molecule is Clc1ccc(-c2noc3ncnc(N4CCC(Cc5ccccc5)CC4)c23)cc1. The van der Waals surface area contributed by atoms with Gasteiger partial charge in [0.15, 0.2) is 0 Å². The van der Waals surface area contributed by atoms with E-state index in [1.165, 1.54) is 5.56 Å². The number of piperidine rings is 1. The summed E-state index contributed by atoms with van der Waals surface area (Å²) in [5, 5.41) is 5.84. The second-order valence-electron chi connectivity index (χ2n) is 7.54. The van der Waals surface area contributed by atoms with Gasteiger partial charge in [0.2, 0.25) is 0 Å². The molecule has 0 aliphatic carbocycles. The maximum atomic E-state index is 6.04. The van der Waals surface area contributed by atoms with E-state index in [4.69, 9.17) is 16.1 Å². The van der Waals surface area contributed by atoms with Gasteiger partial charge in [-0.1, -0.05) is 59.2 Å². The summed E-state index contributed by atoms with van der Waals surface area (Å²) in [5.74, 6) is 1.60. The molecule has 0 spiro atoms. The van der Waals surface area contributed by atoms with Crippen molar-refractivity contribution in [1.29, 1.82) is 0 Å². The van der Waals surface area contributed by atoms with Gasteiger partial charge in [0.25, 0.3) is 5.71 Å². The largest absolute Gasteiger partial charge is 0.356 e. The molecule has 0 bridgehead atoms. The van der Waals surface area contributed by atoms with E-state index in [1.54, 1.807) is 6.33 Å². The van der Waals surface area contributed by atoms with Crippen molar-refractivity contribution in [2.24, 2.45) is 5.92 Å². The number of nitrogens with zero attached hydrogens (tertiary/aromatic N) is 4. The van der Waals surface area contributed by atoms with Crippen LogP contribution in [0.15, 0.2) is 65.4 Å². The fourth-order valence-corrected chi connectivity index (χ4v) is 4.24. The van der Waals surface area contributed by atoms with Gasteiger partial charge in [0, 0.05) is 23.7 Å². The number of fused-ring (bicyclic) bond motifs is 1. The average Bonchev–Trinajstić information content (AvgIpc) is 3.20. The third-order valence-corrected chi connectivity index (χ3v) is 5.90. The van der Waals surface area contributed by atoms with Gasteiger partial charge in [-0.3, -0.25) is 0 Å². The first-order valence-electron chi connectivity index (χ1n) is 9.93. The Hall–Kier alpha value is -2.92. The smallest absolute Gasteiger partial charge is 0.263 e. The minimum Gasteiger partial charge on any atom is -0.356 e. The van der Waals surface area contributed by atoms with E-state index in [-0.39, 0.29) is 0 Å². The molecule has 1 aliphatic rings. The van der Waals surface area contributed by atoms with Crippen molar-refractivity contribution >= 4 is 28.5 Å². The molecule has 5 nitrogen and oxygen atoms in total. The standard InChI is InChI=1S/C23H21ClN4O/c24-19-8-6-18(7-9-19)21-20-22(25-15-26-23(20)29-27-21)28-12-10-17(11-13-28)14-16-4-2-1-3-5-16/h1-9,15,17H,10-14H2. The van der Waals surface area contributed by atoms with Crippen LogP contribution >= 0.6 is 11.6 Å². The highest BCUT2D eigenvalue weighted by Crippen LogP contribution is 2.35. The van der Waals surface area contributed by atoms with E-state index in [9.17, 15) is 0 Å². The van der Waals surface area contributed by atoms with Crippen LogP contribution in [-0.2, 0) is 6.42 Å². The molecule has 3 heterocycles. The first-order valence-corrected chi connectivity index (χ1v) is 10.3. The van der Waals surface area contributed by atoms with Crippen LogP contribution in [0.5, 0.6) is 0 Å².